The lowest BCUT2D eigenvalue weighted by molar-refractivity contribution is -0.158. The molecule has 0 bridgehead atoms. The van der Waals surface area contributed by atoms with E-state index in [0.717, 1.165) is 13.1 Å². The van der Waals surface area contributed by atoms with Crippen molar-refractivity contribution in [2.24, 2.45) is 0 Å². The Morgan fingerprint density at radius 2 is 1.75 bits per heavy atom. The summed E-state index contributed by atoms with van der Waals surface area (Å²) < 4.78 is 4.47. The smallest absolute Gasteiger partial charge is 0.396 e. The molecule has 2 rings (SSSR count). The lowest BCUT2D eigenvalue weighted by Crippen LogP contribution is -2.51. The maximum absolute atomic E-state index is 11.7. The Morgan fingerprint density at radius 3 is 2.35 bits per heavy atom. The van der Waals surface area contributed by atoms with Gasteiger partial charge < -0.3 is 14.5 Å². The summed E-state index contributed by atoms with van der Waals surface area (Å²) in [5.74, 6) is -1.33. The van der Waals surface area contributed by atoms with Crippen LogP contribution in [0.15, 0.2) is 18.2 Å². The number of ether oxygens (including phenoxy) is 1. The summed E-state index contributed by atoms with van der Waals surface area (Å²) in [6.45, 7) is 6.75. The highest BCUT2D eigenvalue weighted by Crippen LogP contribution is 2.23. The number of nitrogens with zero attached hydrogens (tertiary/aromatic N) is 2. The predicted octanol–water partition coefficient (Wildman–Crippen LogP) is 1.13. The second kappa shape index (κ2) is 5.94. The van der Waals surface area contributed by atoms with E-state index in [-0.39, 0.29) is 0 Å². The second-order valence-electron chi connectivity index (χ2n) is 4.99. The lowest BCUT2D eigenvalue weighted by atomic mass is 10.1. The molecule has 1 amide bonds. The van der Waals surface area contributed by atoms with Crippen molar-refractivity contribution in [3.05, 3.63) is 29.3 Å². The van der Waals surface area contributed by atoms with Crippen LogP contribution in [-0.2, 0) is 14.3 Å². The molecule has 0 spiro atoms. The van der Waals surface area contributed by atoms with Crippen molar-refractivity contribution in [2.75, 3.05) is 38.2 Å². The van der Waals surface area contributed by atoms with Crippen molar-refractivity contribution in [1.82, 2.24) is 4.90 Å². The van der Waals surface area contributed by atoms with Crippen LogP contribution in [0.4, 0.5) is 5.69 Å². The molecule has 0 unspecified atom stereocenters. The molecule has 5 nitrogen and oxygen atoms in total. The number of piperazine rings is 1. The van der Waals surface area contributed by atoms with Gasteiger partial charge in [-0.25, -0.2) is 4.79 Å². The van der Waals surface area contributed by atoms with Gasteiger partial charge in [-0.1, -0.05) is 12.1 Å². The van der Waals surface area contributed by atoms with Crippen LogP contribution >= 0.6 is 0 Å². The van der Waals surface area contributed by atoms with Gasteiger partial charge >= 0.3 is 11.9 Å². The predicted molar refractivity (Wildman–Crippen MR) is 76.7 cm³/mol. The van der Waals surface area contributed by atoms with E-state index in [0.29, 0.717) is 13.1 Å². The molecule has 0 N–H and O–H groups in total. The minimum absolute atomic E-state index is 0.543. The van der Waals surface area contributed by atoms with Crippen LogP contribution in [0, 0.1) is 13.8 Å². The molecular weight excluding hydrogens is 256 g/mol. The molecule has 1 aromatic carbocycles. The summed E-state index contributed by atoms with van der Waals surface area (Å²) in [6.07, 6.45) is 0. The van der Waals surface area contributed by atoms with Crippen LogP contribution in [0.25, 0.3) is 0 Å². The van der Waals surface area contributed by atoms with Gasteiger partial charge in [-0.3, -0.25) is 4.79 Å². The largest absolute Gasteiger partial charge is 0.462 e. The average molecular weight is 276 g/mol. The first-order valence-corrected chi connectivity index (χ1v) is 6.73. The minimum Gasteiger partial charge on any atom is -0.462 e. The van der Waals surface area contributed by atoms with E-state index < -0.39 is 11.9 Å². The van der Waals surface area contributed by atoms with Gasteiger partial charge in [0.1, 0.15) is 0 Å². The van der Waals surface area contributed by atoms with E-state index in [1.165, 1.54) is 23.9 Å². The third-order valence-electron chi connectivity index (χ3n) is 3.84. The second-order valence-corrected chi connectivity index (χ2v) is 4.99. The molecule has 5 heteroatoms. The van der Waals surface area contributed by atoms with E-state index in [1.54, 1.807) is 4.90 Å². The molecule has 1 aromatic rings. The van der Waals surface area contributed by atoms with E-state index in [2.05, 4.69) is 35.6 Å². The molecule has 20 heavy (non-hydrogen) atoms. The molecule has 0 aliphatic carbocycles. The normalized spacial score (nSPS) is 15.2. The molecule has 0 radical (unpaired) electrons. The fraction of sp³-hybridized carbons (Fsp3) is 0.467. The maximum Gasteiger partial charge on any atom is 0.396 e. The van der Waals surface area contributed by atoms with E-state index >= 15 is 0 Å². The van der Waals surface area contributed by atoms with Gasteiger partial charge in [0, 0.05) is 31.9 Å². The van der Waals surface area contributed by atoms with Gasteiger partial charge in [0.05, 0.1) is 7.11 Å². The molecule has 1 heterocycles. The Hall–Kier alpha value is -2.04. The first kappa shape index (κ1) is 14.4. The van der Waals surface area contributed by atoms with Crippen LogP contribution in [0.2, 0.25) is 0 Å². The molecule has 1 fully saturated rings. The van der Waals surface area contributed by atoms with Crippen LogP contribution in [0.3, 0.4) is 0 Å². The van der Waals surface area contributed by atoms with Crippen molar-refractivity contribution >= 4 is 17.6 Å². The lowest BCUT2D eigenvalue weighted by Gasteiger charge is -2.36. The Morgan fingerprint density at radius 1 is 1.10 bits per heavy atom. The Kier molecular flexibility index (Phi) is 4.27. The third-order valence-corrected chi connectivity index (χ3v) is 3.84. The molecule has 0 aromatic heterocycles. The molecule has 1 aliphatic heterocycles. The van der Waals surface area contributed by atoms with Crippen LogP contribution in [-0.4, -0.2) is 50.1 Å². The van der Waals surface area contributed by atoms with Gasteiger partial charge in [-0.05, 0) is 31.0 Å². The summed E-state index contributed by atoms with van der Waals surface area (Å²) in [4.78, 5) is 26.8. The first-order valence-electron chi connectivity index (χ1n) is 6.73. The zero-order chi connectivity index (χ0) is 14.7. The topological polar surface area (TPSA) is 49.9 Å². The average Bonchev–Trinajstić information content (AvgIpc) is 2.48. The quantitative estimate of drug-likeness (QED) is 0.570. The molecule has 0 atom stereocenters. The van der Waals surface area contributed by atoms with Gasteiger partial charge in [0.2, 0.25) is 0 Å². The number of rotatable bonds is 1. The fourth-order valence-electron chi connectivity index (χ4n) is 2.45. The van der Waals surface area contributed by atoms with Crippen molar-refractivity contribution in [3.8, 4) is 0 Å². The number of amides is 1. The Balaban J connectivity index is 2.03. The van der Waals surface area contributed by atoms with Crippen molar-refractivity contribution in [2.45, 2.75) is 13.8 Å². The van der Waals surface area contributed by atoms with Crippen molar-refractivity contribution in [1.29, 1.82) is 0 Å². The maximum atomic E-state index is 11.7. The van der Waals surface area contributed by atoms with Crippen LogP contribution in [0.5, 0.6) is 0 Å². The number of benzene rings is 1. The fourth-order valence-corrected chi connectivity index (χ4v) is 2.45. The van der Waals surface area contributed by atoms with Gasteiger partial charge in [-0.15, -0.1) is 0 Å². The van der Waals surface area contributed by atoms with E-state index in [4.69, 9.17) is 0 Å². The summed E-state index contributed by atoms with van der Waals surface area (Å²) in [6, 6.07) is 6.24. The molecule has 1 saturated heterocycles. The number of anilines is 1. The Bertz CT molecular complexity index is 520. The number of methoxy groups -OCH3 is 1. The zero-order valence-corrected chi connectivity index (χ0v) is 12.2. The summed E-state index contributed by atoms with van der Waals surface area (Å²) in [5.41, 5.74) is 3.73. The number of hydrogen-bond donors (Lipinski definition) is 0. The van der Waals surface area contributed by atoms with Gasteiger partial charge in [0.15, 0.2) is 0 Å². The van der Waals surface area contributed by atoms with E-state index in [9.17, 15) is 9.59 Å². The highest BCUT2D eigenvalue weighted by molar-refractivity contribution is 6.32. The number of esters is 1. The summed E-state index contributed by atoms with van der Waals surface area (Å²) in [5, 5.41) is 0. The van der Waals surface area contributed by atoms with Gasteiger partial charge in [-0.2, -0.15) is 0 Å². The molecular formula is C15H20N2O3. The Labute approximate surface area is 119 Å². The van der Waals surface area contributed by atoms with Crippen LogP contribution < -0.4 is 4.90 Å². The summed E-state index contributed by atoms with van der Waals surface area (Å²) >= 11 is 0. The number of carbonyl (C=O) groups is 2. The highest BCUT2D eigenvalue weighted by Gasteiger charge is 2.27. The monoisotopic (exact) mass is 276 g/mol. The standard InChI is InChI=1S/C15H20N2O3/c1-11-5-4-6-13(12(11)2)16-7-9-17(10-8-16)14(18)15(19)20-3/h4-6H,7-10H2,1-3H3. The third kappa shape index (κ3) is 2.76. The first-order chi connectivity index (χ1) is 9.54. The minimum atomic E-state index is -0.787. The van der Waals surface area contributed by atoms with Gasteiger partial charge in [0.25, 0.3) is 0 Å². The molecule has 1 aliphatic rings. The van der Waals surface area contributed by atoms with E-state index in [1.807, 2.05) is 6.07 Å². The van der Waals surface area contributed by atoms with Crippen molar-refractivity contribution in [3.63, 3.8) is 0 Å². The number of carbonyl (C=O) groups excluding carboxylic acids is 2. The highest BCUT2D eigenvalue weighted by atomic mass is 16.5. The summed E-state index contributed by atoms with van der Waals surface area (Å²) in [7, 11) is 1.23. The number of aryl methyl sites for hydroxylation is 1. The molecule has 108 valence electrons. The SMILES string of the molecule is COC(=O)C(=O)N1CCN(c2cccc(C)c2C)CC1. The van der Waals surface area contributed by atoms with Crippen molar-refractivity contribution < 1.29 is 14.3 Å². The zero-order valence-electron chi connectivity index (χ0n) is 12.2. The van der Waals surface area contributed by atoms with Crippen LogP contribution in [0.1, 0.15) is 11.1 Å². The molecule has 0 saturated carbocycles. The number of hydrogen-bond acceptors (Lipinski definition) is 4.